The molecule has 16 heavy (non-hydrogen) atoms. The first kappa shape index (κ1) is 13.6. The number of methoxy groups -OCH3 is 2. The number of allylic oxidation sites excluding steroid dienone is 1. The zero-order valence-electron chi connectivity index (χ0n) is 9.05. The fraction of sp³-hybridized carbons (Fsp3) is 0.600. The molecule has 4 nitrogen and oxygen atoms in total. The topological polar surface area (TPSA) is 59.4 Å². The maximum absolute atomic E-state index is 11.9. The van der Waals surface area contributed by atoms with Crippen molar-refractivity contribution < 1.29 is 14.3 Å². The molecule has 1 rings (SSSR count). The standard InChI is InChI=1S/C10H13Cl2NO3/c1-4-5-9(12)8(14)6(11)7(13)10(9,15-2)16-3/h4,6,13H,1,5H2,2-3H3/t6?,9-/m1/s1. The molecular formula is C10H13Cl2NO3. The molecule has 0 amide bonds. The normalized spacial score (nSPS) is 33.1. The molecule has 1 unspecified atom stereocenters. The van der Waals surface area contributed by atoms with Crippen LogP contribution < -0.4 is 0 Å². The third-order valence-corrected chi connectivity index (χ3v) is 3.76. The molecular weight excluding hydrogens is 253 g/mol. The summed E-state index contributed by atoms with van der Waals surface area (Å²) in [6.07, 6.45) is 1.58. The monoisotopic (exact) mass is 265 g/mol. The molecule has 0 aromatic rings. The summed E-state index contributed by atoms with van der Waals surface area (Å²) in [5.41, 5.74) is -0.180. The third-order valence-electron chi connectivity index (χ3n) is 2.75. The van der Waals surface area contributed by atoms with Gasteiger partial charge in [-0.3, -0.25) is 4.79 Å². The average Bonchev–Trinajstić information content (AvgIpc) is 2.41. The van der Waals surface area contributed by atoms with E-state index in [9.17, 15) is 4.79 Å². The van der Waals surface area contributed by atoms with E-state index in [0.29, 0.717) is 0 Å². The van der Waals surface area contributed by atoms with Gasteiger partial charge in [-0.2, -0.15) is 0 Å². The number of carbonyl (C=O) groups excluding carboxylic acids is 1. The molecule has 90 valence electrons. The van der Waals surface area contributed by atoms with Crippen molar-refractivity contribution in [3.63, 3.8) is 0 Å². The van der Waals surface area contributed by atoms with Crippen molar-refractivity contribution in [1.29, 1.82) is 5.41 Å². The second kappa shape index (κ2) is 4.45. The first-order valence-electron chi connectivity index (χ1n) is 4.58. The van der Waals surface area contributed by atoms with Gasteiger partial charge >= 0.3 is 0 Å². The second-order valence-electron chi connectivity index (χ2n) is 3.46. The van der Waals surface area contributed by atoms with Gasteiger partial charge in [0.1, 0.15) is 5.38 Å². The number of ether oxygens (including phenoxy) is 2. The van der Waals surface area contributed by atoms with Gasteiger partial charge in [0, 0.05) is 14.2 Å². The number of Topliss-reactive ketones (excluding diaryl/α,β-unsaturated/α-hetero) is 1. The van der Waals surface area contributed by atoms with Crippen LogP contribution in [0.5, 0.6) is 0 Å². The lowest BCUT2D eigenvalue weighted by Gasteiger charge is -2.36. The summed E-state index contributed by atoms with van der Waals surface area (Å²) in [4.78, 5) is 10.4. The molecule has 1 aliphatic rings. The van der Waals surface area contributed by atoms with Crippen LogP contribution in [0.3, 0.4) is 0 Å². The molecule has 2 atom stereocenters. The van der Waals surface area contributed by atoms with E-state index in [1.54, 1.807) is 0 Å². The molecule has 6 heteroatoms. The molecule has 1 aliphatic carbocycles. The summed E-state index contributed by atoms with van der Waals surface area (Å²) < 4.78 is 10.3. The third kappa shape index (κ3) is 1.44. The Bertz CT molecular complexity index is 341. The van der Waals surface area contributed by atoms with E-state index in [-0.39, 0.29) is 12.1 Å². The highest BCUT2D eigenvalue weighted by Gasteiger charge is 2.68. The number of alkyl halides is 2. The summed E-state index contributed by atoms with van der Waals surface area (Å²) in [6.45, 7) is 3.53. The zero-order valence-corrected chi connectivity index (χ0v) is 10.6. The van der Waals surface area contributed by atoms with Crippen molar-refractivity contribution >= 4 is 34.7 Å². The van der Waals surface area contributed by atoms with E-state index < -0.39 is 21.8 Å². The van der Waals surface area contributed by atoms with Gasteiger partial charge in [-0.05, 0) is 6.42 Å². The predicted octanol–water partition coefficient (Wildman–Crippen LogP) is 1.74. The smallest absolute Gasteiger partial charge is 0.236 e. The van der Waals surface area contributed by atoms with Crippen molar-refractivity contribution in [2.75, 3.05) is 14.2 Å². The summed E-state index contributed by atoms with van der Waals surface area (Å²) in [7, 11) is 2.64. The van der Waals surface area contributed by atoms with E-state index in [1.165, 1.54) is 20.3 Å². The zero-order chi connectivity index (χ0) is 12.6. The quantitative estimate of drug-likeness (QED) is 0.479. The van der Waals surface area contributed by atoms with Crippen LogP contribution >= 0.6 is 23.2 Å². The minimum Gasteiger partial charge on any atom is -0.347 e. The summed E-state index contributed by atoms with van der Waals surface area (Å²) in [5.74, 6) is -2.11. The van der Waals surface area contributed by atoms with E-state index in [1.807, 2.05) is 0 Å². The number of ketones is 1. The number of hydrogen-bond donors (Lipinski definition) is 1. The Kier molecular flexibility index (Phi) is 3.80. The van der Waals surface area contributed by atoms with E-state index in [2.05, 4.69) is 6.58 Å². The molecule has 0 heterocycles. The van der Waals surface area contributed by atoms with Gasteiger partial charge in [0.2, 0.25) is 5.79 Å². The van der Waals surface area contributed by atoms with E-state index in [0.717, 1.165) is 0 Å². The van der Waals surface area contributed by atoms with Crippen LogP contribution in [-0.2, 0) is 14.3 Å². The summed E-state index contributed by atoms with van der Waals surface area (Å²) in [5, 5.41) is 6.68. The highest BCUT2D eigenvalue weighted by atomic mass is 35.5. The van der Waals surface area contributed by atoms with Crippen molar-refractivity contribution in [2.24, 2.45) is 0 Å². The SMILES string of the molecule is C=CC[C@@]1(Cl)C(=O)C(Cl)C(=N)C1(OC)OC. The van der Waals surface area contributed by atoms with Gasteiger partial charge in [-0.25, -0.2) is 0 Å². The van der Waals surface area contributed by atoms with Crippen molar-refractivity contribution in [3.8, 4) is 0 Å². The molecule has 0 saturated heterocycles. The van der Waals surface area contributed by atoms with Gasteiger partial charge in [-0.1, -0.05) is 6.08 Å². The number of hydrogen-bond acceptors (Lipinski definition) is 4. The van der Waals surface area contributed by atoms with Gasteiger partial charge in [-0.15, -0.1) is 29.8 Å². The Labute approximate surface area is 104 Å². The molecule has 0 aliphatic heterocycles. The molecule has 1 N–H and O–H groups in total. The van der Waals surface area contributed by atoms with Crippen molar-refractivity contribution in [2.45, 2.75) is 22.5 Å². The van der Waals surface area contributed by atoms with Gasteiger partial charge in [0.25, 0.3) is 0 Å². The van der Waals surface area contributed by atoms with Crippen LogP contribution in [0.1, 0.15) is 6.42 Å². The number of carbonyl (C=O) groups is 1. The first-order chi connectivity index (χ1) is 7.41. The molecule has 0 aromatic heterocycles. The Hall–Kier alpha value is -0.420. The van der Waals surface area contributed by atoms with E-state index in [4.69, 9.17) is 38.1 Å². The van der Waals surface area contributed by atoms with Crippen LogP contribution in [0.15, 0.2) is 12.7 Å². The summed E-state index contributed by atoms with van der Waals surface area (Å²) >= 11 is 12.1. The molecule has 1 fully saturated rings. The van der Waals surface area contributed by atoms with Crippen LogP contribution in [-0.4, -0.2) is 41.8 Å². The molecule has 0 aromatic carbocycles. The van der Waals surface area contributed by atoms with Crippen molar-refractivity contribution in [3.05, 3.63) is 12.7 Å². The molecule has 0 spiro atoms. The largest absolute Gasteiger partial charge is 0.347 e. The maximum atomic E-state index is 11.9. The minimum atomic E-state index is -1.62. The molecule has 0 bridgehead atoms. The highest BCUT2D eigenvalue weighted by Crippen LogP contribution is 2.46. The Morgan fingerprint density at radius 2 is 2.06 bits per heavy atom. The fourth-order valence-electron chi connectivity index (χ4n) is 1.94. The fourth-order valence-corrected chi connectivity index (χ4v) is 2.80. The number of rotatable bonds is 4. The maximum Gasteiger partial charge on any atom is 0.236 e. The second-order valence-corrected chi connectivity index (χ2v) is 4.54. The number of nitrogens with one attached hydrogen (secondary N) is 1. The van der Waals surface area contributed by atoms with Crippen LogP contribution in [0.2, 0.25) is 0 Å². The first-order valence-corrected chi connectivity index (χ1v) is 5.40. The van der Waals surface area contributed by atoms with Crippen LogP contribution in [0.25, 0.3) is 0 Å². The van der Waals surface area contributed by atoms with Crippen LogP contribution in [0.4, 0.5) is 0 Å². The van der Waals surface area contributed by atoms with E-state index >= 15 is 0 Å². The van der Waals surface area contributed by atoms with Gasteiger partial charge in [0.15, 0.2) is 10.7 Å². The van der Waals surface area contributed by atoms with Crippen molar-refractivity contribution in [1.82, 2.24) is 0 Å². The lowest BCUT2D eigenvalue weighted by atomic mass is 9.95. The lowest BCUT2D eigenvalue weighted by Crippen LogP contribution is -2.55. The summed E-state index contributed by atoms with van der Waals surface area (Å²) in [6, 6.07) is 0. The molecule has 0 radical (unpaired) electrons. The minimum absolute atomic E-state index is 0.112. The Balaban J connectivity index is 3.36. The average molecular weight is 266 g/mol. The Morgan fingerprint density at radius 1 is 1.56 bits per heavy atom. The van der Waals surface area contributed by atoms with Gasteiger partial charge < -0.3 is 14.9 Å². The van der Waals surface area contributed by atoms with Gasteiger partial charge in [0.05, 0.1) is 5.71 Å². The molecule has 1 saturated carbocycles. The van der Waals surface area contributed by atoms with Crippen LogP contribution in [0, 0.1) is 5.41 Å². The lowest BCUT2D eigenvalue weighted by molar-refractivity contribution is -0.174. The Morgan fingerprint density at radius 3 is 2.44 bits per heavy atom. The predicted molar refractivity (Wildman–Crippen MR) is 62.5 cm³/mol. The highest BCUT2D eigenvalue weighted by molar-refractivity contribution is 6.55. The number of halogens is 2.